The lowest BCUT2D eigenvalue weighted by Gasteiger charge is -2.30. The van der Waals surface area contributed by atoms with Crippen molar-refractivity contribution in [2.75, 3.05) is 0 Å². The summed E-state index contributed by atoms with van der Waals surface area (Å²) >= 11 is 13.1. The lowest BCUT2D eigenvalue weighted by atomic mass is 9.78. The quantitative estimate of drug-likeness (QED) is 0.388. The number of allylic oxidation sites excluding steroid dienone is 1. The molecule has 0 amide bonds. The maximum Gasteiger partial charge on any atom is 0.162 e. The summed E-state index contributed by atoms with van der Waals surface area (Å²) < 4.78 is 1.69. The van der Waals surface area contributed by atoms with Crippen LogP contribution in [0.2, 0.25) is 0 Å². The average Bonchev–Trinajstić information content (AvgIpc) is 2.71. The molecule has 3 rings (SSSR count). The fourth-order valence-electron chi connectivity index (χ4n) is 4.62. The maximum atomic E-state index is 6.55. The van der Waals surface area contributed by atoms with Crippen molar-refractivity contribution in [2.45, 2.75) is 84.2 Å². The Morgan fingerprint density at radius 2 is 1.57 bits per heavy atom. The number of aryl methyl sites for hydroxylation is 1. The van der Waals surface area contributed by atoms with E-state index in [1.165, 1.54) is 50.5 Å². The van der Waals surface area contributed by atoms with Crippen LogP contribution in [0.5, 0.6) is 0 Å². The zero-order chi connectivity index (χ0) is 19.9. The Kier molecular flexibility index (Phi) is 8.29. The van der Waals surface area contributed by atoms with Crippen LogP contribution in [-0.2, 0) is 6.42 Å². The Morgan fingerprint density at radius 1 is 0.929 bits per heavy atom. The van der Waals surface area contributed by atoms with Crippen molar-refractivity contribution >= 4 is 28.5 Å². The van der Waals surface area contributed by atoms with Crippen molar-refractivity contribution in [1.29, 1.82) is 0 Å². The molecule has 0 N–H and O–H groups in total. The van der Waals surface area contributed by atoms with Crippen LogP contribution in [0.15, 0.2) is 41.0 Å². The van der Waals surface area contributed by atoms with Crippen molar-refractivity contribution in [3.63, 3.8) is 0 Å². The van der Waals surface area contributed by atoms with Crippen molar-refractivity contribution in [3.05, 3.63) is 47.2 Å². The van der Waals surface area contributed by atoms with Crippen LogP contribution in [0.25, 0.3) is 0 Å². The third-order valence-electron chi connectivity index (χ3n) is 6.32. The lowest BCUT2D eigenvalue weighted by molar-refractivity contribution is 0.252. The predicted octanol–water partition coefficient (Wildman–Crippen LogP) is 8.02. The van der Waals surface area contributed by atoms with Gasteiger partial charge in [0.15, 0.2) is 6.17 Å². The Labute approximate surface area is 181 Å². The number of nitrogens with zero attached hydrogens (tertiary/aromatic N) is 2. The van der Waals surface area contributed by atoms with Crippen LogP contribution in [0, 0.1) is 11.8 Å². The summed E-state index contributed by atoms with van der Waals surface area (Å²) in [6.07, 6.45) is 14.4. The van der Waals surface area contributed by atoms with E-state index in [9.17, 15) is 0 Å². The normalized spacial score (nSPS) is 25.4. The van der Waals surface area contributed by atoms with E-state index in [1.54, 1.807) is 4.42 Å². The second-order valence-electron chi connectivity index (χ2n) is 8.50. The summed E-state index contributed by atoms with van der Waals surface area (Å²) in [6.45, 7) is 4.50. The zero-order valence-electron chi connectivity index (χ0n) is 17.3. The standard InChI is InChI=1S/C24H34Cl2N2/c1-3-5-18-7-9-20(10-8-18)13-16-22-17-28(26)24(27-23(22)25)21-14-11-19(6-4-2)12-15-21/h11-12,14-15,17-18,20,24H,3-10,13,16H2,1-2H3. The Bertz CT molecular complexity index is 672. The van der Waals surface area contributed by atoms with Gasteiger partial charge in [0.1, 0.15) is 5.17 Å². The summed E-state index contributed by atoms with van der Waals surface area (Å²) in [7, 11) is 0. The highest BCUT2D eigenvalue weighted by Gasteiger charge is 2.25. The van der Waals surface area contributed by atoms with Crippen LogP contribution in [0.1, 0.15) is 88.9 Å². The van der Waals surface area contributed by atoms with Crippen LogP contribution < -0.4 is 0 Å². The highest BCUT2D eigenvalue weighted by Crippen LogP contribution is 2.36. The fourth-order valence-corrected chi connectivity index (χ4v) is 5.13. The Hall–Kier alpha value is -0.990. The van der Waals surface area contributed by atoms with Crippen molar-refractivity contribution in [1.82, 2.24) is 4.42 Å². The van der Waals surface area contributed by atoms with Crippen LogP contribution in [-0.4, -0.2) is 9.59 Å². The average molecular weight is 421 g/mol. The van der Waals surface area contributed by atoms with Crippen LogP contribution >= 0.6 is 23.4 Å². The molecular weight excluding hydrogens is 387 g/mol. The molecule has 154 valence electrons. The zero-order valence-corrected chi connectivity index (χ0v) is 18.9. The monoisotopic (exact) mass is 420 g/mol. The van der Waals surface area contributed by atoms with E-state index >= 15 is 0 Å². The van der Waals surface area contributed by atoms with Gasteiger partial charge in [0.2, 0.25) is 0 Å². The fraction of sp³-hybridized carbons (Fsp3) is 0.625. The number of aliphatic imine (C=N–C) groups is 1. The van der Waals surface area contributed by atoms with Crippen molar-refractivity contribution < 1.29 is 0 Å². The summed E-state index contributed by atoms with van der Waals surface area (Å²) in [6, 6.07) is 8.57. The van der Waals surface area contributed by atoms with Crippen LogP contribution in [0.3, 0.4) is 0 Å². The van der Waals surface area contributed by atoms with Gasteiger partial charge in [-0.2, -0.15) is 0 Å². The van der Waals surface area contributed by atoms with Gasteiger partial charge in [-0.3, -0.25) is 4.42 Å². The molecule has 2 nitrogen and oxygen atoms in total. The molecule has 0 spiro atoms. The molecule has 1 aromatic rings. The Morgan fingerprint density at radius 3 is 2.18 bits per heavy atom. The molecule has 28 heavy (non-hydrogen) atoms. The number of rotatable bonds is 8. The molecule has 1 aliphatic carbocycles. The smallest absolute Gasteiger partial charge is 0.162 e. The first-order valence-electron chi connectivity index (χ1n) is 11.1. The number of benzene rings is 1. The first-order chi connectivity index (χ1) is 13.6. The molecule has 2 aliphatic rings. The molecule has 0 saturated heterocycles. The highest BCUT2D eigenvalue weighted by atomic mass is 35.5. The van der Waals surface area contributed by atoms with Gasteiger partial charge < -0.3 is 0 Å². The highest BCUT2D eigenvalue weighted by molar-refractivity contribution is 6.69. The van der Waals surface area contributed by atoms with E-state index < -0.39 is 0 Å². The van der Waals surface area contributed by atoms with E-state index in [1.807, 2.05) is 6.20 Å². The second-order valence-corrected chi connectivity index (χ2v) is 9.25. The van der Waals surface area contributed by atoms with Gasteiger partial charge in [-0.05, 0) is 42.2 Å². The van der Waals surface area contributed by atoms with Gasteiger partial charge in [0.05, 0.1) is 0 Å². The third-order valence-corrected chi connectivity index (χ3v) is 6.94. The first-order valence-corrected chi connectivity index (χ1v) is 11.8. The second kappa shape index (κ2) is 10.7. The maximum absolute atomic E-state index is 6.55. The van der Waals surface area contributed by atoms with E-state index in [0.29, 0.717) is 5.17 Å². The van der Waals surface area contributed by atoms with Gasteiger partial charge in [-0.15, -0.1) is 0 Å². The van der Waals surface area contributed by atoms with Gasteiger partial charge in [0.25, 0.3) is 0 Å². The van der Waals surface area contributed by atoms with Gasteiger partial charge in [0, 0.05) is 23.5 Å². The molecule has 1 atom stereocenters. The summed E-state index contributed by atoms with van der Waals surface area (Å²) in [4.78, 5) is 4.70. The molecule has 1 unspecified atom stereocenters. The number of hydrogen-bond acceptors (Lipinski definition) is 2. The summed E-state index contributed by atoms with van der Waals surface area (Å²) in [5, 5.41) is 0.624. The predicted molar refractivity (Wildman–Crippen MR) is 122 cm³/mol. The minimum absolute atomic E-state index is 0.238. The SMILES string of the molecule is CCCc1ccc(C2N=C(Cl)C(CCC3CCC(CCC)CC3)=CN2Cl)cc1. The minimum atomic E-state index is -0.238. The number of hydrogen-bond donors (Lipinski definition) is 0. The topological polar surface area (TPSA) is 15.6 Å². The van der Waals surface area contributed by atoms with Crippen LogP contribution in [0.4, 0.5) is 0 Å². The molecule has 1 aromatic carbocycles. The van der Waals surface area contributed by atoms with Gasteiger partial charge >= 0.3 is 0 Å². The van der Waals surface area contributed by atoms with Crippen molar-refractivity contribution in [3.8, 4) is 0 Å². The lowest BCUT2D eigenvalue weighted by Crippen LogP contribution is -2.20. The first kappa shape index (κ1) is 21.7. The van der Waals surface area contributed by atoms with E-state index in [-0.39, 0.29) is 6.17 Å². The Balaban J connectivity index is 1.54. The van der Waals surface area contributed by atoms with E-state index in [2.05, 4.69) is 38.1 Å². The van der Waals surface area contributed by atoms with E-state index in [0.717, 1.165) is 42.2 Å². The molecule has 1 aliphatic heterocycles. The minimum Gasteiger partial charge on any atom is -0.264 e. The molecule has 1 saturated carbocycles. The van der Waals surface area contributed by atoms with E-state index in [4.69, 9.17) is 28.4 Å². The van der Waals surface area contributed by atoms with Gasteiger partial charge in [-0.1, -0.05) is 94.7 Å². The molecule has 0 aromatic heterocycles. The van der Waals surface area contributed by atoms with Gasteiger partial charge in [-0.25, -0.2) is 4.99 Å². The molecule has 1 fully saturated rings. The molecular formula is C24H34Cl2N2. The molecule has 0 bridgehead atoms. The molecule has 1 heterocycles. The largest absolute Gasteiger partial charge is 0.264 e. The molecule has 4 heteroatoms. The summed E-state index contributed by atoms with van der Waals surface area (Å²) in [5.74, 6) is 1.79. The third kappa shape index (κ3) is 5.76. The van der Waals surface area contributed by atoms with Crippen molar-refractivity contribution in [2.24, 2.45) is 16.8 Å². The number of halogens is 2. The summed E-state index contributed by atoms with van der Waals surface area (Å²) in [5.41, 5.74) is 3.51. The molecule has 0 radical (unpaired) electrons.